The number of nitrogens with zero attached hydrogens (tertiary/aromatic N) is 1. The van der Waals surface area contributed by atoms with Gasteiger partial charge in [-0.25, -0.2) is 9.78 Å². The maximum atomic E-state index is 11.6. The largest absolute Gasteiger partial charge is 0.476 e. The predicted octanol–water partition coefficient (Wildman–Crippen LogP) is 3.24. The zero-order chi connectivity index (χ0) is 14.8. The second-order valence-electron chi connectivity index (χ2n) is 5.05. The van der Waals surface area contributed by atoms with Crippen LogP contribution in [0, 0.1) is 0 Å². The molecule has 0 radical (unpaired) electrons. The second-order valence-corrected chi connectivity index (χ2v) is 6.05. The number of hydrogen-bond acceptors (Lipinski definition) is 5. The van der Waals surface area contributed by atoms with E-state index in [9.17, 15) is 14.7 Å². The number of Topliss-reactive ketones (excluding diaryl/α,β-unsaturated/α-hetero) is 1. The molecule has 0 bridgehead atoms. The van der Waals surface area contributed by atoms with Crippen LogP contribution in [-0.2, 0) is 10.3 Å². The summed E-state index contributed by atoms with van der Waals surface area (Å²) in [6.45, 7) is 3.85. The zero-order valence-electron chi connectivity index (χ0n) is 11.8. The van der Waals surface area contributed by atoms with E-state index >= 15 is 0 Å². The Kier molecular flexibility index (Phi) is 4.55. The van der Waals surface area contributed by atoms with Crippen molar-refractivity contribution in [2.45, 2.75) is 51.6 Å². The number of aromatic nitrogens is 1. The van der Waals surface area contributed by atoms with Crippen molar-refractivity contribution in [2.75, 3.05) is 6.61 Å². The van der Waals surface area contributed by atoms with E-state index in [-0.39, 0.29) is 16.4 Å². The molecule has 0 unspecified atom stereocenters. The minimum Gasteiger partial charge on any atom is -0.476 e. The lowest BCUT2D eigenvalue weighted by Gasteiger charge is -2.35. The number of aromatic carboxylic acids is 1. The third-order valence-electron chi connectivity index (χ3n) is 3.62. The van der Waals surface area contributed by atoms with Gasteiger partial charge in [0.05, 0.1) is 0 Å². The highest BCUT2D eigenvalue weighted by Gasteiger charge is 2.39. The lowest BCUT2D eigenvalue weighted by Crippen LogP contribution is -2.32. The standard InChI is InChI=1S/C14H19NO4S/c1-3-19-14(7-5-4-6-8-14)13-15-10(12(17)18)11(20-13)9(2)16/h3-8H2,1-2H3,(H,17,18). The first-order valence-electron chi connectivity index (χ1n) is 6.89. The summed E-state index contributed by atoms with van der Waals surface area (Å²) in [5.41, 5.74) is -0.641. The van der Waals surface area contributed by atoms with Crippen molar-refractivity contribution >= 4 is 23.1 Å². The van der Waals surface area contributed by atoms with Gasteiger partial charge in [0.2, 0.25) is 0 Å². The molecule has 1 aliphatic rings. The maximum absolute atomic E-state index is 11.6. The molecule has 1 heterocycles. The molecule has 1 fully saturated rings. The van der Waals surface area contributed by atoms with Crippen molar-refractivity contribution in [1.29, 1.82) is 0 Å². The minimum absolute atomic E-state index is 0.137. The topological polar surface area (TPSA) is 76.5 Å². The molecule has 1 aromatic rings. The number of hydrogen-bond donors (Lipinski definition) is 1. The van der Waals surface area contributed by atoms with Crippen LogP contribution in [0.4, 0.5) is 0 Å². The number of carboxylic acids is 1. The highest BCUT2D eigenvalue weighted by atomic mass is 32.1. The SMILES string of the molecule is CCOC1(c2nc(C(=O)O)c(C(C)=O)s2)CCCCC1. The molecular weight excluding hydrogens is 278 g/mol. The van der Waals surface area contributed by atoms with Crippen molar-refractivity contribution in [3.63, 3.8) is 0 Å². The van der Waals surface area contributed by atoms with Crippen LogP contribution in [0.15, 0.2) is 0 Å². The van der Waals surface area contributed by atoms with E-state index < -0.39 is 11.6 Å². The summed E-state index contributed by atoms with van der Waals surface area (Å²) in [6, 6.07) is 0. The van der Waals surface area contributed by atoms with Gasteiger partial charge in [-0.3, -0.25) is 4.79 Å². The summed E-state index contributed by atoms with van der Waals surface area (Å²) in [5, 5.41) is 9.83. The average molecular weight is 297 g/mol. The molecule has 1 N–H and O–H groups in total. The molecule has 0 spiro atoms. The quantitative estimate of drug-likeness (QED) is 0.844. The van der Waals surface area contributed by atoms with Gasteiger partial charge in [-0.1, -0.05) is 19.3 Å². The molecule has 1 aliphatic carbocycles. The van der Waals surface area contributed by atoms with Gasteiger partial charge in [-0.15, -0.1) is 11.3 Å². The summed E-state index contributed by atoms with van der Waals surface area (Å²) in [7, 11) is 0. The van der Waals surface area contributed by atoms with E-state index in [1.165, 1.54) is 18.3 Å². The van der Waals surface area contributed by atoms with Crippen molar-refractivity contribution in [1.82, 2.24) is 4.98 Å². The van der Waals surface area contributed by atoms with Crippen LogP contribution in [0.2, 0.25) is 0 Å². The van der Waals surface area contributed by atoms with E-state index in [1.54, 1.807) is 0 Å². The van der Waals surface area contributed by atoms with Crippen LogP contribution >= 0.6 is 11.3 Å². The molecule has 110 valence electrons. The van der Waals surface area contributed by atoms with Crippen LogP contribution in [0.3, 0.4) is 0 Å². The lowest BCUT2D eigenvalue weighted by molar-refractivity contribution is -0.0705. The summed E-state index contributed by atoms with van der Waals surface area (Å²) >= 11 is 1.17. The molecule has 1 aromatic heterocycles. The Labute approximate surface area is 122 Å². The van der Waals surface area contributed by atoms with E-state index in [0.717, 1.165) is 32.1 Å². The fourth-order valence-corrected chi connectivity index (χ4v) is 3.87. The van der Waals surface area contributed by atoms with E-state index in [1.807, 2.05) is 6.92 Å². The molecule has 0 atom stereocenters. The molecule has 0 amide bonds. The summed E-state index contributed by atoms with van der Waals surface area (Å²) in [4.78, 5) is 27.3. The van der Waals surface area contributed by atoms with E-state index in [0.29, 0.717) is 11.6 Å². The Hall–Kier alpha value is -1.27. The molecule has 0 saturated heterocycles. The van der Waals surface area contributed by atoms with Crippen molar-refractivity contribution in [3.05, 3.63) is 15.6 Å². The number of carboxylic acid groups (broad SMARTS) is 1. The highest BCUT2D eigenvalue weighted by molar-refractivity contribution is 7.14. The zero-order valence-corrected chi connectivity index (χ0v) is 12.6. The molecule has 6 heteroatoms. The Bertz CT molecular complexity index is 480. The van der Waals surface area contributed by atoms with Crippen LogP contribution in [-0.4, -0.2) is 28.4 Å². The fourth-order valence-electron chi connectivity index (χ4n) is 2.72. The number of carbonyl (C=O) groups is 2. The van der Waals surface area contributed by atoms with Crippen LogP contribution in [0.5, 0.6) is 0 Å². The second kappa shape index (κ2) is 6.01. The molecule has 5 nitrogen and oxygen atoms in total. The first-order valence-corrected chi connectivity index (χ1v) is 7.71. The van der Waals surface area contributed by atoms with Crippen LogP contribution in [0.25, 0.3) is 0 Å². The van der Waals surface area contributed by atoms with Gasteiger partial charge < -0.3 is 9.84 Å². The smallest absolute Gasteiger partial charge is 0.356 e. The highest BCUT2D eigenvalue weighted by Crippen LogP contribution is 2.42. The van der Waals surface area contributed by atoms with Crippen LogP contribution in [0.1, 0.15) is 71.1 Å². The lowest BCUT2D eigenvalue weighted by atomic mass is 9.85. The molecule has 0 aromatic carbocycles. The monoisotopic (exact) mass is 297 g/mol. The first-order chi connectivity index (χ1) is 9.50. The van der Waals surface area contributed by atoms with Crippen molar-refractivity contribution in [2.24, 2.45) is 0 Å². The summed E-state index contributed by atoms with van der Waals surface area (Å²) in [6.07, 6.45) is 4.91. The minimum atomic E-state index is -1.15. The summed E-state index contributed by atoms with van der Waals surface area (Å²) in [5.74, 6) is -1.41. The number of thiazole rings is 1. The Morgan fingerprint density at radius 2 is 2.00 bits per heavy atom. The fraction of sp³-hybridized carbons (Fsp3) is 0.643. The van der Waals surface area contributed by atoms with Gasteiger partial charge in [0, 0.05) is 13.5 Å². The average Bonchev–Trinajstić information content (AvgIpc) is 2.86. The van der Waals surface area contributed by atoms with Gasteiger partial charge in [0.1, 0.15) is 15.5 Å². The van der Waals surface area contributed by atoms with Gasteiger partial charge in [-0.2, -0.15) is 0 Å². The normalized spacial score (nSPS) is 17.9. The third-order valence-corrected chi connectivity index (χ3v) is 4.96. The Morgan fingerprint density at radius 3 is 2.45 bits per heavy atom. The van der Waals surface area contributed by atoms with Crippen molar-refractivity contribution < 1.29 is 19.4 Å². The Morgan fingerprint density at radius 1 is 1.35 bits per heavy atom. The van der Waals surface area contributed by atoms with Gasteiger partial charge >= 0.3 is 5.97 Å². The van der Waals surface area contributed by atoms with Gasteiger partial charge in [-0.05, 0) is 19.8 Å². The number of ketones is 1. The van der Waals surface area contributed by atoms with Crippen LogP contribution < -0.4 is 0 Å². The van der Waals surface area contributed by atoms with Gasteiger partial charge in [0.15, 0.2) is 11.5 Å². The van der Waals surface area contributed by atoms with Gasteiger partial charge in [0.25, 0.3) is 0 Å². The molecule has 20 heavy (non-hydrogen) atoms. The molecule has 1 saturated carbocycles. The molecule has 2 rings (SSSR count). The Balaban J connectivity index is 2.46. The number of carbonyl (C=O) groups excluding carboxylic acids is 1. The third kappa shape index (κ3) is 2.76. The number of rotatable bonds is 5. The van der Waals surface area contributed by atoms with E-state index in [2.05, 4.69) is 4.98 Å². The van der Waals surface area contributed by atoms with Crippen molar-refractivity contribution in [3.8, 4) is 0 Å². The molecular formula is C14H19NO4S. The number of ether oxygens (including phenoxy) is 1. The van der Waals surface area contributed by atoms with E-state index in [4.69, 9.17) is 4.74 Å². The maximum Gasteiger partial charge on any atom is 0.356 e. The predicted molar refractivity (Wildman–Crippen MR) is 75.5 cm³/mol. The summed E-state index contributed by atoms with van der Waals surface area (Å²) < 4.78 is 5.93. The molecule has 0 aliphatic heterocycles. The first kappa shape index (κ1) is 15.1.